The molecule has 3 aromatic rings. The van der Waals surface area contributed by atoms with Gasteiger partial charge in [0.1, 0.15) is 5.52 Å². The van der Waals surface area contributed by atoms with Gasteiger partial charge in [-0.2, -0.15) is 0 Å². The van der Waals surface area contributed by atoms with Crippen LogP contribution in [0.1, 0.15) is 0 Å². The van der Waals surface area contributed by atoms with Crippen molar-refractivity contribution in [1.29, 1.82) is 0 Å². The minimum Gasteiger partial charge on any atom is -0.321 e. The molecule has 1 N–H and O–H groups in total. The Morgan fingerprint density at radius 2 is 2.00 bits per heavy atom. The summed E-state index contributed by atoms with van der Waals surface area (Å²) in [6.45, 7) is 0. The zero-order chi connectivity index (χ0) is 12.4. The SMILES string of the molecule is Clc1ccc2nnc(Nc3cccnc3)nc2c1. The van der Waals surface area contributed by atoms with Gasteiger partial charge in [-0.15, -0.1) is 10.2 Å². The molecule has 3 rings (SSSR count). The Kier molecular flexibility index (Phi) is 2.74. The van der Waals surface area contributed by atoms with Crippen molar-refractivity contribution >= 4 is 34.3 Å². The smallest absolute Gasteiger partial charge is 0.247 e. The summed E-state index contributed by atoms with van der Waals surface area (Å²) in [4.78, 5) is 8.33. The minimum absolute atomic E-state index is 0.415. The van der Waals surface area contributed by atoms with E-state index in [1.807, 2.05) is 12.1 Å². The van der Waals surface area contributed by atoms with Gasteiger partial charge in [0.2, 0.25) is 5.95 Å². The number of halogens is 1. The van der Waals surface area contributed by atoms with Crippen molar-refractivity contribution in [1.82, 2.24) is 20.2 Å². The van der Waals surface area contributed by atoms with Crippen LogP contribution in [-0.2, 0) is 0 Å². The molecule has 5 nitrogen and oxygen atoms in total. The fraction of sp³-hybridized carbons (Fsp3) is 0. The Hall–Kier alpha value is -2.27. The van der Waals surface area contributed by atoms with Crippen LogP contribution in [0.25, 0.3) is 11.0 Å². The number of benzene rings is 1. The van der Waals surface area contributed by atoms with Gasteiger partial charge in [0.25, 0.3) is 0 Å². The van der Waals surface area contributed by atoms with Crippen molar-refractivity contribution < 1.29 is 0 Å². The maximum atomic E-state index is 5.91. The highest BCUT2D eigenvalue weighted by molar-refractivity contribution is 6.31. The minimum atomic E-state index is 0.415. The molecular formula is C12H8ClN5. The topological polar surface area (TPSA) is 63.6 Å². The molecule has 0 atom stereocenters. The second kappa shape index (κ2) is 4.54. The lowest BCUT2D eigenvalue weighted by molar-refractivity contribution is 1.03. The summed E-state index contributed by atoms with van der Waals surface area (Å²) >= 11 is 5.91. The predicted molar refractivity (Wildman–Crippen MR) is 69.9 cm³/mol. The average molecular weight is 258 g/mol. The first kappa shape index (κ1) is 10.9. The van der Waals surface area contributed by atoms with Gasteiger partial charge in [0, 0.05) is 11.2 Å². The highest BCUT2D eigenvalue weighted by Gasteiger charge is 2.02. The number of nitrogens with one attached hydrogen (secondary N) is 1. The molecular weight excluding hydrogens is 250 g/mol. The van der Waals surface area contributed by atoms with Crippen LogP contribution < -0.4 is 5.32 Å². The summed E-state index contributed by atoms with van der Waals surface area (Å²) in [5.74, 6) is 0.415. The van der Waals surface area contributed by atoms with E-state index in [0.29, 0.717) is 22.0 Å². The zero-order valence-electron chi connectivity index (χ0n) is 9.21. The van der Waals surface area contributed by atoms with Gasteiger partial charge in [0.15, 0.2) is 0 Å². The van der Waals surface area contributed by atoms with Crippen LogP contribution >= 0.6 is 11.6 Å². The summed E-state index contributed by atoms with van der Waals surface area (Å²) < 4.78 is 0. The highest BCUT2D eigenvalue weighted by atomic mass is 35.5. The number of anilines is 2. The monoisotopic (exact) mass is 257 g/mol. The second-order valence-electron chi connectivity index (χ2n) is 3.64. The van der Waals surface area contributed by atoms with E-state index in [1.165, 1.54) is 0 Å². The van der Waals surface area contributed by atoms with E-state index in [9.17, 15) is 0 Å². The molecule has 2 aromatic heterocycles. The highest BCUT2D eigenvalue weighted by Crippen LogP contribution is 2.17. The summed E-state index contributed by atoms with van der Waals surface area (Å²) in [6.07, 6.45) is 3.38. The quantitative estimate of drug-likeness (QED) is 0.765. The first-order valence-corrected chi connectivity index (χ1v) is 5.66. The van der Waals surface area contributed by atoms with Crippen molar-refractivity contribution in [3.8, 4) is 0 Å². The van der Waals surface area contributed by atoms with Gasteiger partial charge < -0.3 is 5.32 Å². The Morgan fingerprint density at radius 3 is 2.83 bits per heavy atom. The van der Waals surface area contributed by atoms with E-state index in [4.69, 9.17) is 11.6 Å². The van der Waals surface area contributed by atoms with Crippen LogP contribution in [0, 0.1) is 0 Å². The number of nitrogens with zero attached hydrogens (tertiary/aromatic N) is 4. The molecule has 0 saturated carbocycles. The Bertz CT molecular complexity index is 686. The molecule has 18 heavy (non-hydrogen) atoms. The molecule has 0 spiro atoms. The van der Waals surface area contributed by atoms with Gasteiger partial charge in [-0.05, 0) is 30.3 Å². The van der Waals surface area contributed by atoms with E-state index >= 15 is 0 Å². The third kappa shape index (κ3) is 2.21. The van der Waals surface area contributed by atoms with Crippen molar-refractivity contribution in [2.75, 3.05) is 5.32 Å². The van der Waals surface area contributed by atoms with Gasteiger partial charge in [-0.25, -0.2) is 4.98 Å². The molecule has 0 bridgehead atoms. The fourth-order valence-electron chi connectivity index (χ4n) is 1.53. The van der Waals surface area contributed by atoms with Crippen molar-refractivity contribution in [2.24, 2.45) is 0 Å². The van der Waals surface area contributed by atoms with E-state index in [-0.39, 0.29) is 0 Å². The third-order valence-electron chi connectivity index (χ3n) is 2.33. The number of fused-ring (bicyclic) bond motifs is 1. The molecule has 0 radical (unpaired) electrons. The molecule has 0 aliphatic heterocycles. The maximum Gasteiger partial charge on any atom is 0.247 e. The Labute approximate surface area is 108 Å². The standard InChI is InChI=1S/C12H8ClN5/c13-8-3-4-10-11(6-8)16-12(18-17-10)15-9-2-1-5-14-7-9/h1-7H,(H,15,16,18). The maximum absolute atomic E-state index is 5.91. The lowest BCUT2D eigenvalue weighted by Gasteiger charge is -2.03. The molecule has 0 saturated heterocycles. The molecule has 2 heterocycles. The number of hydrogen-bond donors (Lipinski definition) is 1. The fourth-order valence-corrected chi connectivity index (χ4v) is 1.69. The van der Waals surface area contributed by atoms with Crippen molar-refractivity contribution in [3.63, 3.8) is 0 Å². The first-order valence-electron chi connectivity index (χ1n) is 5.28. The Balaban J connectivity index is 1.98. The molecule has 0 fully saturated rings. The Morgan fingerprint density at radius 1 is 1.06 bits per heavy atom. The lowest BCUT2D eigenvalue weighted by atomic mass is 10.3. The van der Waals surface area contributed by atoms with Gasteiger partial charge in [-0.1, -0.05) is 11.6 Å². The van der Waals surface area contributed by atoms with Gasteiger partial charge in [0.05, 0.1) is 17.4 Å². The second-order valence-corrected chi connectivity index (χ2v) is 4.07. The molecule has 88 valence electrons. The number of pyridine rings is 1. The number of hydrogen-bond acceptors (Lipinski definition) is 5. The predicted octanol–water partition coefficient (Wildman–Crippen LogP) is 2.82. The van der Waals surface area contributed by atoms with Crippen molar-refractivity contribution in [3.05, 3.63) is 47.7 Å². The van der Waals surface area contributed by atoms with E-state index < -0.39 is 0 Å². The van der Waals surface area contributed by atoms with Gasteiger partial charge in [-0.3, -0.25) is 4.98 Å². The van der Waals surface area contributed by atoms with Crippen LogP contribution in [0.5, 0.6) is 0 Å². The van der Waals surface area contributed by atoms with Crippen LogP contribution in [0.2, 0.25) is 5.02 Å². The zero-order valence-corrected chi connectivity index (χ0v) is 9.96. The average Bonchev–Trinajstić information content (AvgIpc) is 2.39. The van der Waals surface area contributed by atoms with Crippen LogP contribution in [-0.4, -0.2) is 20.2 Å². The summed E-state index contributed by atoms with van der Waals surface area (Å²) in [5.41, 5.74) is 2.21. The molecule has 0 amide bonds. The molecule has 6 heteroatoms. The summed E-state index contributed by atoms with van der Waals surface area (Å²) in [5, 5.41) is 11.7. The number of aromatic nitrogens is 4. The van der Waals surface area contributed by atoms with Gasteiger partial charge >= 0.3 is 0 Å². The van der Waals surface area contributed by atoms with Crippen LogP contribution in [0.3, 0.4) is 0 Å². The van der Waals surface area contributed by atoms with E-state index in [1.54, 1.807) is 30.6 Å². The van der Waals surface area contributed by atoms with Crippen LogP contribution in [0.15, 0.2) is 42.7 Å². The number of rotatable bonds is 2. The molecule has 0 unspecified atom stereocenters. The molecule has 0 aliphatic carbocycles. The van der Waals surface area contributed by atoms with Crippen molar-refractivity contribution in [2.45, 2.75) is 0 Å². The van der Waals surface area contributed by atoms with Crippen LogP contribution in [0.4, 0.5) is 11.6 Å². The largest absolute Gasteiger partial charge is 0.321 e. The van der Waals surface area contributed by atoms with E-state index in [2.05, 4.69) is 25.5 Å². The summed E-state index contributed by atoms with van der Waals surface area (Å²) in [7, 11) is 0. The third-order valence-corrected chi connectivity index (χ3v) is 2.57. The normalized spacial score (nSPS) is 10.5. The summed E-state index contributed by atoms with van der Waals surface area (Å²) in [6, 6.07) is 8.99. The molecule has 0 aliphatic rings. The first-order chi connectivity index (χ1) is 8.81. The lowest BCUT2D eigenvalue weighted by Crippen LogP contribution is -1.99. The van der Waals surface area contributed by atoms with E-state index in [0.717, 1.165) is 5.69 Å². The molecule has 1 aromatic carbocycles.